The number of anilines is 3. The third-order valence-corrected chi connectivity index (χ3v) is 8.26. The van der Waals surface area contributed by atoms with Gasteiger partial charge in [-0.1, -0.05) is 37.3 Å². The number of thioether (sulfide) groups is 1. The van der Waals surface area contributed by atoms with Crippen molar-refractivity contribution in [3.8, 4) is 5.75 Å². The molecule has 0 bridgehead atoms. The van der Waals surface area contributed by atoms with Crippen LogP contribution in [-0.2, 0) is 4.79 Å². The first kappa shape index (κ1) is 31.6. The number of carbonyl (C=O) groups excluding carboxylic acids is 1. The van der Waals surface area contributed by atoms with E-state index in [1.165, 1.54) is 11.8 Å². The van der Waals surface area contributed by atoms with Gasteiger partial charge in [0.2, 0.25) is 11.7 Å². The predicted octanol–water partition coefficient (Wildman–Crippen LogP) is 4.32. The zero-order valence-corrected chi connectivity index (χ0v) is 26.4. The molecule has 1 saturated carbocycles. The van der Waals surface area contributed by atoms with Crippen LogP contribution < -0.4 is 20.3 Å². The summed E-state index contributed by atoms with van der Waals surface area (Å²) in [6.45, 7) is 13.7. The van der Waals surface area contributed by atoms with E-state index in [4.69, 9.17) is 14.7 Å². The van der Waals surface area contributed by atoms with Crippen LogP contribution in [0.4, 0.5) is 17.5 Å². The Morgan fingerprint density at radius 1 is 1.21 bits per heavy atom. The van der Waals surface area contributed by atoms with E-state index in [9.17, 15) is 4.79 Å². The van der Waals surface area contributed by atoms with E-state index >= 15 is 0 Å². The molecule has 3 N–H and O–H groups in total. The fourth-order valence-electron chi connectivity index (χ4n) is 5.06. The summed E-state index contributed by atoms with van der Waals surface area (Å²) in [6.07, 6.45) is 9.84. The van der Waals surface area contributed by atoms with Gasteiger partial charge in [0.05, 0.1) is 7.11 Å². The number of ether oxygens (including phenoxy) is 1. The Labute approximate surface area is 253 Å². The molecule has 4 rings (SSSR count). The quantitative estimate of drug-likeness (QED) is 0.176. The second kappa shape index (κ2) is 15.2. The van der Waals surface area contributed by atoms with Crippen LogP contribution in [0.5, 0.6) is 5.75 Å². The van der Waals surface area contributed by atoms with Crippen molar-refractivity contribution in [3.63, 3.8) is 0 Å². The summed E-state index contributed by atoms with van der Waals surface area (Å²) in [4.78, 5) is 30.0. The summed E-state index contributed by atoms with van der Waals surface area (Å²) < 4.78 is 5.87. The monoisotopic (exact) mass is 595 g/mol. The van der Waals surface area contributed by atoms with Crippen molar-refractivity contribution in [2.75, 3.05) is 70.7 Å². The highest BCUT2D eigenvalue weighted by Crippen LogP contribution is 2.38. The van der Waals surface area contributed by atoms with Crippen molar-refractivity contribution in [2.24, 2.45) is 5.92 Å². The predicted molar refractivity (Wildman–Crippen MR) is 170 cm³/mol. The Bertz CT molecular complexity index is 1280. The summed E-state index contributed by atoms with van der Waals surface area (Å²) >= 11 is 1.37. The number of hydrogen-bond donors (Lipinski definition) is 3. The SMILES string of the molecule is C=C(/C=C\C(=C/C)NC(=O)C1CCCC1)Sc1nc(Nc2cc(C)[nH]n2)c(OC)c(N2CCN(CCN(C)C)CC2)n1. The van der Waals surface area contributed by atoms with E-state index in [0.29, 0.717) is 22.5 Å². The lowest BCUT2D eigenvalue weighted by molar-refractivity contribution is -0.124. The highest BCUT2D eigenvalue weighted by molar-refractivity contribution is 8.03. The molecule has 1 aliphatic carbocycles. The van der Waals surface area contributed by atoms with E-state index in [0.717, 1.165) is 87.1 Å². The molecule has 12 heteroatoms. The fraction of sp³-hybridized carbons (Fsp3) is 0.533. The summed E-state index contributed by atoms with van der Waals surface area (Å²) in [7, 11) is 5.85. The Morgan fingerprint density at radius 3 is 2.57 bits per heavy atom. The lowest BCUT2D eigenvalue weighted by atomic mass is 10.1. The van der Waals surface area contributed by atoms with Gasteiger partial charge in [-0.3, -0.25) is 14.8 Å². The molecule has 228 valence electrons. The second-order valence-electron chi connectivity index (χ2n) is 11.0. The number of allylic oxidation sites excluding steroid dienone is 3. The second-order valence-corrected chi connectivity index (χ2v) is 12.1. The van der Waals surface area contributed by atoms with Crippen LogP contribution in [0, 0.1) is 12.8 Å². The molecule has 2 aromatic heterocycles. The van der Waals surface area contributed by atoms with Crippen molar-refractivity contribution >= 4 is 35.1 Å². The van der Waals surface area contributed by atoms with Crippen LogP contribution >= 0.6 is 11.8 Å². The average Bonchev–Trinajstić information content (AvgIpc) is 3.66. The molecule has 1 amide bonds. The minimum absolute atomic E-state index is 0.0952. The fourth-order valence-corrected chi connectivity index (χ4v) is 5.70. The third kappa shape index (κ3) is 8.83. The topological polar surface area (TPSA) is 115 Å². The van der Waals surface area contributed by atoms with Crippen molar-refractivity contribution < 1.29 is 9.53 Å². The third-order valence-electron chi connectivity index (χ3n) is 7.49. The van der Waals surface area contributed by atoms with Gasteiger partial charge in [-0.2, -0.15) is 5.10 Å². The molecule has 0 unspecified atom stereocenters. The van der Waals surface area contributed by atoms with E-state index in [-0.39, 0.29) is 11.8 Å². The highest BCUT2D eigenvalue weighted by atomic mass is 32.2. The molecule has 2 aliphatic rings. The summed E-state index contributed by atoms with van der Waals surface area (Å²) in [5.74, 6) is 2.71. The first-order valence-electron chi connectivity index (χ1n) is 14.6. The van der Waals surface area contributed by atoms with Gasteiger partial charge in [-0.15, -0.1) is 0 Å². The normalized spacial score (nSPS) is 16.9. The van der Waals surface area contributed by atoms with Gasteiger partial charge in [0.25, 0.3) is 0 Å². The maximum atomic E-state index is 12.6. The smallest absolute Gasteiger partial charge is 0.227 e. The van der Waals surface area contributed by atoms with Crippen LogP contribution in [-0.4, -0.2) is 96.3 Å². The highest BCUT2D eigenvalue weighted by Gasteiger charge is 2.26. The molecule has 0 atom stereocenters. The molecular weight excluding hydrogens is 550 g/mol. The Morgan fingerprint density at radius 2 is 1.95 bits per heavy atom. The number of aromatic amines is 1. The zero-order chi connectivity index (χ0) is 30.1. The maximum Gasteiger partial charge on any atom is 0.227 e. The molecule has 1 aliphatic heterocycles. The number of hydrogen-bond acceptors (Lipinski definition) is 10. The van der Waals surface area contributed by atoms with Crippen LogP contribution in [0.15, 0.2) is 46.6 Å². The Balaban J connectivity index is 1.51. The number of H-pyrrole nitrogens is 1. The number of rotatable bonds is 13. The lowest BCUT2D eigenvalue weighted by Gasteiger charge is -2.36. The van der Waals surface area contributed by atoms with Crippen LogP contribution in [0.2, 0.25) is 0 Å². The number of aromatic nitrogens is 4. The maximum absolute atomic E-state index is 12.6. The number of carbonyl (C=O) groups is 1. The number of amides is 1. The molecule has 2 aromatic rings. The molecule has 1 saturated heterocycles. The zero-order valence-electron chi connectivity index (χ0n) is 25.6. The van der Waals surface area contributed by atoms with E-state index < -0.39 is 0 Å². The Kier molecular flexibility index (Phi) is 11.4. The number of nitrogens with one attached hydrogen (secondary N) is 3. The molecule has 0 radical (unpaired) electrons. The average molecular weight is 596 g/mol. The van der Waals surface area contributed by atoms with Crippen molar-refractivity contribution in [1.82, 2.24) is 35.3 Å². The van der Waals surface area contributed by atoms with Crippen LogP contribution in [0.1, 0.15) is 38.3 Å². The molecule has 11 nitrogen and oxygen atoms in total. The number of methoxy groups -OCH3 is 1. The van der Waals surface area contributed by atoms with Gasteiger partial charge in [-0.25, -0.2) is 9.97 Å². The van der Waals surface area contributed by atoms with Gasteiger partial charge >= 0.3 is 0 Å². The Hall–Kier alpha value is -3.35. The lowest BCUT2D eigenvalue weighted by Crippen LogP contribution is -2.48. The van der Waals surface area contributed by atoms with Gasteiger partial charge in [0.15, 0.2) is 22.6 Å². The number of aryl methyl sites for hydroxylation is 1. The minimum atomic E-state index is 0.0952. The van der Waals surface area contributed by atoms with Crippen LogP contribution in [0.3, 0.4) is 0 Å². The standard InChI is InChI=1S/C30H45N9O2S/c1-7-24(31-29(40)23-10-8-9-11-23)13-12-22(3)42-30-33-27(32-25-20-21(2)35-36-25)26(41-6)28(34-30)39-18-16-38(17-19-39)15-14-37(4)5/h7,12-13,20,23H,3,8-11,14-19H2,1-2,4-6H3,(H,31,40)(H2,32,33,34,35,36)/b13-12-,24-7+. The number of nitrogens with zero attached hydrogens (tertiary/aromatic N) is 6. The summed E-state index contributed by atoms with van der Waals surface area (Å²) in [5.41, 5.74) is 1.70. The summed E-state index contributed by atoms with van der Waals surface area (Å²) in [5, 5.41) is 14.2. The van der Waals surface area contributed by atoms with E-state index in [1.807, 2.05) is 38.1 Å². The van der Waals surface area contributed by atoms with Crippen molar-refractivity contribution in [2.45, 2.75) is 44.7 Å². The van der Waals surface area contributed by atoms with Gasteiger partial charge in [0.1, 0.15) is 0 Å². The van der Waals surface area contributed by atoms with Gasteiger partial charge < -0.3 is 25.2 Å². The van der Waals surface area contributed by atoms with E-state index in [2.05, 4.69) is 56.2 Å². The van der Waals surface area contributed by atoms with Crippen molar-refractivity contribution in [3.05, 3.63) is 47.2 Å². The van der Waals surface area contributed by atoms with Gasteiger partial charge in [-0.05, 0) is 52.9 Å². The van der Waals surface area contributed by atoms with Crippen LogP contribution in [0.25, 0.3) is 0 Å². The number of likely N-dealkylation sites (N-methyl/N-ethyl adjacent to an activating group) is 1. The molecule has 42 heavy (non-hydrogen) atoms. The summed E-state index contributed by atoms with van der Waals surface area (Å²) in [6, 6.07) is 1.91. The molecule has 0 aromatic carbocycles. The minimum Gasteiger partial charge on any atom is -0.490 e. The largest absolute Gasteiger partial charge is 0.490 e. The van der Waals surface area contributed by atoms with Gasteiger partial charge in [0, 0.05) is 67.5 Å². The molecular formula is C30H45N9O2S. The van der Waals surface area contributed by atoms with E-state index in [1.54, 1.807) is 7.11 Å². The molecule has 3 heterocycles. The first-order valence-corrected chi connectivity index (χ1v) is 15.5. The first-order chi connectivity index (χ1) is 20.2. The molecule has 0 spiro atoms. The molecule has 2 fully saturated rings. The number of piperazine rings is 1. The van der Waals surface area contributed by atoms with Crippen molar-refractivity contribution in [1.29, 1.82) is 0 Å².